The molecule has 3 atom stereocenters. The summed E-state index contributed by atoms with van der Waals surface area (Å²) >= 11 is 0. The Morgan fingerprint density at radius 2 is 2.11 bits per heavy atom. The molecule has 0 bridgehead atoms. The molecule has 0 aromatic heterocycles. The van der Waals surface area contributed by atoms with Crippen LogP contribution in [0.3, 0.4) is 0 Å². The lowest BCUT2D eigenvalue weighted by Gasteiger charge is -2.42. The molecule has 1 aromatic carbocycles. The van der Waals surface area contributed by atoms with Gasteiger partial charge in [0, 0.05) is 19.1 Å². The molecular weight excluding hydrogens is 224 g/mol. The van der Waals surface area contributed by atoms with Crippen molar-refractivity contribution in [2.24, 2.45) is 11.7 Å². The molecule has 18 heavy (non-hydrogen) atoms. The van der Waals surface area contributed by atoms with Gasteiger partial charge in [-0.3, -0.25) is 4.90 Å². The van der Waals surface area contributed by atoms with Crippen LogP contribution in [0.25, 0.3) is 0 Å². The van der Waals surface area contributed by atoms with E-state index in [0.29, 0.717) is 18.0 Å². The lowest BCUT2D eigenvalue weighted by molar-refractivity contribution is 0.0126. The first-order valence-electron chi connectivity index (χ1n) is 6.89. The number of nitrogens with zero attached hydrogens (tertiary/aromatic N) is 1. The highest BCUT2D eigenvalue weighted by molar-refractivity contribution is 5.31. The van der Waals surface area contributed by atoms with Crippen molar-refractivity contribution in [1.82, 2.24) is 4.90 Å². The highest BCUT2D eigenvalue weighted by Gasteiger charge is 2.31. The van der Waals surface area contributed by atoms with Crippen LogP contribution in [-0.4, -0.2) is 30.6 Å². The first kappa shape index (κ1) is 12.2. The molecule has 0 aliphatic carbocycles. The monoisotopic (exact) mass is 246 g/mol. The lowest BCUT2D eigenvalue weighted by atomic mass is 9.91. The second-order valence-corrected chi connectivity index (χ2v) is 5.78. The zero-order valence-electron chi connectivity index (χ0n) is 11.0. The molecule has 2 heterocycles. The molecule has 0 spiro atoms. The molecule has 0 saturated carbocycles. The molecule has 1 fully saturated rings. The Kier molecular flexibility index (Phi) is 3.37. The van der Waals surface area contributed by atoms with Gasteiger partial charge in [0.2, 0.25) is 0 Å². The highest BCUT2D eigenvalue weighted by Crippen LogP contribution is 2.32. The molecule has 0 radical (unpaired) electrons. The van der Waals surface area contributed by atoms with Crippen LogP contribution in [0.4, 0.5) is 0 Å². The van der Waals surface area contributed by atoms with Crippen LogP contribution >= 0.6 is 0 Å². The van der Waals surface area contributed by atoms with E-state index in [4.69, 9.17) is 10.5 Å². The van der Waals surface area contributed by atoms with Crippen molar-refractivity contribution in [1.29, 1.82) is 0 Å². The Balaban J connectivity index is 1.85. The third kappa shape index (κ3) is 2.30. The van der Waals surface area contributed by atoms with Crippen LogP contribution in [0.1, 0.15) is 30.5 Å². The van der Waals surface area contributed by atoms with Crippen LogP contribution < -0.4 is 5.73 Å². The number of ether oxygens (including phenoxy) is 1. The van der Waals surface area contributed by atoms with Gasteiger partial charge in [0.25, 0.3) is 0 Å². The van der Waals surface area contributed by atoms with Crippen LogP contribution in [0.2, 0.25) is 0 Å². The Labute approximate surface area is 109 Å². The Hall–Kier alpha value is -0.900. The standard InChI is InChI=1S/C15H22N2O/c1-11-6-13(16)8-17(7-11)15-10-18-9-12-4-2-3-5-14(12)15/h2-5,11,13,15H,6-10,16H2,1H3. The van der Waals surface area contributed by atoms with Gasteiger partial charge in [-0.15, -0.1) is 0 Å². The maximum atomic E-state index is 6.16. The van der Waals surface area contributed by atoms with E-state index in [9.17, 15) is 0 Å². The summed E-state index contributed by atoms with van der Waals surface area (Å²) in [5.41, 5.74) is 8.93. The largest absolute Gasteiger partial charge is 0.375 e. The summed E-state index contributed by atoms with van der Waals surface area (Å²) in [6.45, 7) is 5.98. The molecule has 2 aliphatic rings. The first-order chi connectivity index (χ1) is 8.74. The average Bonchev–Trinajstić information content (AvgIpc) is 2.37. The summed E-state index contributed by atoms with van der Waals surface area (Å²) in [7, 11) is 0. The van der Waals surface area contributed by atoms with Gasteiger partial charge in [0.15, 0.2) is 0 Å². The Bertz CT molecular complexity index is 411. The summed E-state index contributed by atoms with van der Waals surface area (Å²) in [4.78, 5) is 2.51. The summed E-state index contributed by atoms with van der Waals surface area (Å²) in [5, 5.41) is 0. The molecule has 98 valence electrons. The average molecular weight is 246 g/mol. The first-order valence-corrected chi connectivity index (χ1v) is 6.89. The minimum Gasteiger partial charge on any atom is -0.375 e. The van der Waals surface area contributed by atoms with Crippen molar-refractivity contribution in [3.05, 3.63) is 35.4 Å². The number of fused-ring (bicyclic) bond motifs is 1. The van der Waals surface area contributed by atoms with Gasteiger partial charge < -0.3 is 10.5 Å². The fourth-order valence-electron chi connectivity index (χ4n) is 3.36. The SMILES string of the molecule is CC1CC(N)CN(C2COCc3ccccc32)C1. The number of benzene rings is 1. The van der Waals surface area contributed by atoms with Crippen molar-refractivity contribution in [2.75, 3.05) is 19.7 Å². The minimum absolute atomic E-state index is 0.308. The zero-order valence-corrected chi connectivity index (χ0v) is 11.0. The number of hydrogen-bond acceptors (Lipinski definition) is 3. The normalized spacial score (nSPS) is 33.1. The van der Waals surface area contributed by atoms with E-state index in [0.717, 1.165) is 32.7 Å². The van der Waals surface area contributed by atoms with Gasteiger partial charge in [-0.1, -0.05) is 31.2 Å². The van der Waals surface area contributed by atoms with Crippen molar-refractivity contribution in [3.63, 3.8) is 0 Å². The number of nitrogens with two attached hydrogens (primary N) is 1. The van der Waals surface area contributed by atoms with Crippen molar-refractivity contribution < 1.29 is 4.74 Å². The second kappa shape index (κ2) is 5.00. The summed E-state index contributed by atoms with van der Waals surface area (Å²) in [6, 6.07) is 9.34. The topological polar surface area (TPSA) is 38.5 Å². The van der Waals surface area contributed by atoms with Crippen molar-refractivity contribution in [3.8, 4) is 0 Å². The summed E-state index contributed by atoms with van der Waals surface area (Å²) < 4.78 is 5.75. The van der Waals surface area contributed by atoms with Crippen LogP contribution in [0.5, 0.6) is 0 Å². The maximum Gasteiger partial charge on any atom is 0.0721 e. The van der Waals surface area contributed by atoms with E-state index in [-0.39, 0.29) is 0 Å². The third-order valence-corrected chi connectivity index (χ3v) is 4.11. The van der Waals surface area contributed by atoms with Crippen molar-refractivity contribution in [2.45, 2.75) is 32.0 Å². The van der Waals surface area contributed by atoms with Crippen LogP contribution in [0.15, 0.2) is 24.3 Å². The van der Waals surface area contributed by atoms with E-state index in [1.807, 2.05) is 0 Å². The molecule has 1 saturated heterocycles. The molecular formula is C15H22N2O. The molecule has 1 aromatic rings. The Morgan fingerprint density at radius 3 is 2.94 bits per heavy atom. The number of rotatable bonds is 1. The van der Waals surface area contributed by atoms with Gasteiger partial charge in [0.1, 0.15) is 0 Å². The maximum absolute atomic E-state index is 6.16. The number of likely N-dealkylation sites (tertiary alicyclic amines) is 1. The predicted molar refractivity (Wildman–Crippen MR) is 72.2 cm³/mol. The second-order valence-electron chi connectivity index (χ2n) is 5.78. The van der Waals surface area contributed by atoms with E-state index in [1.165, 1.54) is 11.1 Å². The van der Waals surface area contributed by atoms with Crippen LogP contribution in [0, 0.1) is 5.92 Å². The van der Waals surface area contributed by atoms with E-state index < -0.39 is 0 Å². The minimum atomic E-state index is 0.308. The van der Waals surface area contributed by atoms with Gasteiger partial charge in [0.05, 0.1) is 19.3 Å². The third-order valence-electron chi connectivity index (χ3n) is 4.11. The molecule has 0 amide bonds. The molecule has 3 nitrogen and oxygen atoms in total. The summed E-state index contributed by atoms with van der Waals surface area (Å²) in [5.74, 6) is 0.683. The Morgan fingerprint density at radius 1 is 1.28 bits per heavy atom. The van der Waals surface area contributed by atoms with E-state index in [1.54, 1.807) is 0 Å². The molecule has 3 unspecified atom stereocenters. The number of hydrogen-bond donors (Lipinski definition) is 1. The van der Waals surface area contributed by atoms with E-state index >= 15 is 0 Å². The highest BCUT2D eigenvalue weighted by atomic mass is 16.5. The lowest BCUT2D eigenvalue weighted by Crippen LogP contribution is -2.49. The van der Waals surface area contributed by atoms with E-state index in [2.05, 4.69) is 36.1 Å². The fourth-order valence-corrected chi connectivity index (χ4v) is 3.36. The van der Waals surface area contributed by atoms with Crippen LogP contribution in [-0.2, 0) is 11.3 Å². The molecule has 2 N–H and O–H groups in total. The zero-order chi connectivity index (χ0) is 12.5. The molecule has 3 heteroatoms. The summed E-state index contributed by atoms with van der Waals surface area (Å²) in [6.07, 6.45) is 1.14. The van der Waals surface area contributed by atoms with Gasteiger partial charge in [-0.25, -0.2) is 0 Å². The molecule has 3 rings (SSSR count). The van der Waals surface area contributed by atoms with Gasteiger partial charge in [-0.2, -0.15) is 0 Å². The smallest absolute Gasteiger partial charge is 0.0721 e. The predicted octanol–water partition coefficient (Wildman–Crippen LogP) is 1.93. The molecule has 2 aliphatic heterocycles. The quantitative estimate of drug-likeness (QED) is 0.823. The fraction of sp³-hybridized carbons (Fsp3) is 0.600. The van der Waals surface area contributed by atoms with Gasteiger partial charge in [-0.05, 0) is 23.5 Å². The van der Waals surface area contributed by atoms with Gasteiger partial charge >= 0.3 is 0 Å². The number of piperidine rings is 1. The van der Waals surface area contributed by atoms with Crippen molar-refractivity contribution >= 4 is 0 Å².